The van der Waals surface area contributed by atoms with Gasteiger partial charge in [-0.15, -0.1) is 12.4 Å². The van der Waals surface area contributed by atoms with E-state index < -0.39 is 0 Å². The number of rotatable bonds is 6. The number of halogens is 2. The normalized spacial score (nSPS) is 11.8. The van der Waals surface area contributed by atoms with E-state index in [1.807, 2.05) is 71.3 Å². The van der Waals surface area contributed by atoms with Crippen LogP contribution in [-0.4, -0.2) is 31.5 Å². The summed E-state index contributed by atoms with van der Waals surface area (Å²) in [5.74, 6) is -0.278. The van der Waals surface area contributed by atoms with E-state index in [0.717, 1.165) is 29.7 Å². The highest BCUT2D eigenvalue weighted by Gasteiger charge is 2.20. The largest absolute Gasteiger partial charge is 0.454 e. The van der Waals surface area contributed by atoms with Gasteiger partial charge in [-0.05, 0) is 75.3 Å². The molecule has 0 aliphatic heterocycles. The van der Waals surface area contributed by atoms with Gasteiger partial charge in [0, 0.05) is 18.0 Å². The average Bonchev–Trinajstić information content (AvgIpc) is 2.55. The van der Waals surface area contributed by atoms with Gasteiger partial charge in [-0.2, -0.15) is 0 Å². The number of esters is 1. The summed E-state index contributed by atoms with van der Waals surface area (Å²) < 4.78 is 5.88. The molecule has 5 heteroatoms. The molecular formula is C21H27Cl2NO2. The Balaban J connectivity index is 0.00000338. The first-order valence-electron chi connectivity index (χ1n) is 8.47. The highest BCUT2D eigenvalue weighted by atomic mass is 35.5. The zero-order valence-corrected chi connectivity index (χ0v) is 17.6. The van der Waals surface area contributed by atoms with E-state index in [0.29, 0.717) is 10.6 Å². The molecule has 0 saturated carbocycles. The lowest BCUT2D eigenvalue weighted by Crippen LogP contribution is -2.20. The average molecular weight is 396 g/mol. The van der Waals surface area contributed by atoms with Gasteiger partial charge in [0.2, 0.25) is 0 Å². The molecule has 0 aromatic heterocycles. The predicted molar refractivity (Wildman–Crippen MR) is 111 cm³/mol. The van der Waals surface area contributed by atoms with Gasteiger partial charge in [-0.3, -0.25) is 0 Å². The van der Waals surface area contributed by atoms with Crippen LogP contribution >= 0.6 is 24.0 Å². The number of hydrogen-bond donors (Lipinski definition) is 0. The Morgan fingerprint density at radius 2 is 1.62 bits per heavy atom. The lowest BCUT2D eigenvalue weighted by Gasteiger charge is -2.21. The van der Waals surface area contributed by atoms with E-state index in [1.165, 1.54) is 5.56 Å². The molecule has 1 atom stereocenters. The highest BCUT2D eigenvalue weighted by molar-refractivity contribution is 6.30. The van der Waals surface area contributed by atoms with Crippen LogP contribution in [0.1, 0.15) is 45.1 Å². The van der Waals surface area contributed by atoms with E-state index in [1.54, 1.807) is 0 Å². The second-order valence-corrected chi connectivity index (χ2v) is 7.23. The number of hydrogen-bond acceptors (Lipinski definition) is 3. The molecule has 0 aliphatic rings. The summed E-state index contributed by atoms with van der Waals surface area (Å²) in [6.07, 6.45) is 0.428. The van der Waals surface area contributed by atoms with Gasteiger partial charge in [-0.1, -0.05) is 29.8 Å². The van der Waals surface area contributed by atoms with Crippen LogP contribution in [0.2, 0.25) is 5.02 Å². The Labute approximate surface area is 167 Å². The zero-order chi connectivity index (χ0) is 18.6. The summed E-state index contributed by atoms with van der Waals surface area (Å²) in [5, 5.41) is 0.673. The van der Waals surface area contributed by atoms with Crippen molar-refractivity contribution in [2.75, 3.05) is 20.6 Å². The fourth-order valence-corrected chi connectivity index (χ4v) is 2.85. The Morgan fingerprint density at radius 1 is 1.04 bits per heavy atom. The third-order valence-electron chi connectivity index (χ3n) is 4.39. The van der Waals surface area contributed by atoms with Crippen LogP contribution in [0.4, 0.5) is 0 Å². The van der Waals surface area contributed by atoms with Crippen molar-refractivity contribution in [3.8, 4) is 0 Å². The fourth-order valence-electron chi connectivity index (χ4n) is 2.72. The molecule has 142 valence electrons. The molecule has 2 aromatic rings. The van der Waals surface area contributed by atoms with Crippen LogP contribution in [0.5, 0.6) is 0 Å². The molecule has 0 fully saturated rings. The standard InChI is InChI=1S/C21H26ClNO2.ClH/c1-14-12-16(3)19(13-15(14)2)21(24)25-20(10-11-23(4)5)17-6-8-18(22)9-7-17;/h6-9,12-13,20H,10-11H2,1-5H3;1H. The summed E-state index contributed by atoms with van der Waals surface area (Å²) in [7, 11) is 4.02. The van der Waals surface area contributed by atoms with E-state index in [-0.39, 0.29) is 24.5 Å². The first kappa shape index (κ1) is 22.5. The minimum atomic E-state index is -0.298. The van der Waals surface area contributed by atoms with Crippen molar-refractivity contribution >= 4 is 30.0 Å². The first-order chi connectivity index (χ1) is 11.8. The van der Waals surface area contributed by atoms with Gasteiger partial charge in [0.25, 0.3) is 0 Å². The maximum absolute atomic E-state index is 12.8. The Morgan fingerprint density at radius 3 is 2.19 bits per heavy atom. The van der Waals surface area contributed by atoms with Crippen molar-refractivity contribution in [1.82, 2.24) is 4.90 Å². The Hall–Kier alpha value is -1.55. The van der Waals surface area contributed by atoms with E-state index in [9.17, 15) is 4.79 Å². The van der Waals surface area contributed by atoms with Gasteiger partial charge < -0.3 is 9.64 Å². The predicted octanol–water partition coefficient (Wildman–Crippen LogP) is 5.54. The van der Waals surface area contributed by atoms with Crippen LogP contribution in [0, 0.1) is 20.8 Å². The summed E-state index contributed by atoms with van der Waals surface area (Å²) >= 11 is 5.98. The van der Waals surface area contributed by atoms with Crippen LogP contribution in [-0.2, 0) is 4.74 Å². The molecule has 0 amide bonds. The van der Waals surface area contributed by atoms with Crippen LogP contribution in [0.15, 0.2) is 36.4 Å². The molecule has 0 N–H and O–H groups in total. The summed E-state index contributed by atoms with van der Waals surface area (Å²) in [6, 6.07) is 11.4. The third-order valence-corrected chi connectivity index (χ3v) is 4.64. The Kier molecular flexibility index (Phi) is 8.61. The minimum Gasteiger partial charge on any atom is -0.454 e. The highest BCUT2D eigenvalue weighted by Crippen LogP contribution is 2.26. The number of benzene rings is 2. The molecule has 0 saturated heterocycles. The van der Waals surface area contributed by atoms with Gasteiger partial charge in [0.05, 0.1) is 5.56 Å². The van der Waals surface area contributed by atoms with Crippen molar-refractivity contribution in [2.45, 2.75) is 33.3 Å². The van der Waals surface area contributed by atoms with Crippen LogP contribution in [0.3, 0.4) is 0 Å². The maximum Gasteiger partial charge on any atom is 0.339 e. The molecular weight excluding hydrogens is 369 g/mol. The molecule has 0 radical (unpaired) electrons. The second-order valence-electron chi connectivity index (χ2n) is 6.79. The number of carbonyl (C=O) groups is 1. The van der Waals surface area contributed by atoms with Crippen molar-refractivity contribution in [2.24, 2.45) is 0 Å². The lowest BCUT2D eigenvalue weighted by atomic mass is 10.0. The number of ether oxygens (including phenoxy) is 1. The van der Waals surface area contributed by atoms with Crippen LogP contribution < -0.4 is 0 Å². The molecule has 0 heterocycles. The topological polar surface area (TPSA) is 29.5 Å². The van der Waals surface area contributed by atoms with Crippen molar-refractivity contribution in [3.05, 3.63) is 69.2 Å². The molecule has 3 nitrogen and oxygen atoms in total. The van der Waals surface area contributed by atoms with Crippen molar-refractivity contribution in [1.29, 1.82) is 0 Å². The van der Waals surface area contributed by atoms with Gasteiger partial charge >= 0.3 is 5.97 Å². The quantitative estimate of drug-likeness (QED) is 0.601. The van der Waals surface area contributed by atoms with Gasteiger partial charge in [0.1, 0.15) is 6.10 Å². The smallest absolute Gasteiger partial charge is 0.339 e. The molecule has 2 aromatic carbocycles. The summed E-state index contributed by atoms with van der Waals surface area (Å²) in [6.45, 7) is 6.83. The van der Waals surface area contributed by atoms with Crippen molar-refractivity contribution < 1.29 is 9.53 Å². The third kappa shape index (κ3) is 6.01. The fraction of sp³-hybridized carbons (Fsp3) is 0.381. The van der Waals surface area contributed by atoms with Crippen molar-refractivity contribution in [3.63, 3.8) is 0 Å². The second kappa shape index (κ2) is 9.96. The van der Waals surface area contributed by atoms with Crippen LogP contribution in [0.25, 0.3) is 0 Å². The molecule has 26 heavy (non-hydrogen) atoms. The molecule has 0 spiro atoms. The number of aryl methyl sites for hydroxylation is 3. The lowest BCUT2D eigenvalue weighted by molar-refractivity contribution is 0.0260. The maximum atomic E-state index is 12.8. The van der Waals surface area contributed by atoms with E-state index >= 15 is 0 Å². The van der Waals surface area contributed by atoms with E-state index in [2.05, 4.69) is 4.90 Å². The Bertz CT molecular complexity index is 742. The number of carbonyl (C=O) groups excluding carboxylic acids is 1. The van der Waals surface area contributed by atoms with Gasteiger partial charge in [-0.25, -0.2) is 4.79 Å². The number of nitrogens with zero attached hydrogens (tertiary/aromatic N) is 1. The molecule has 0 bridgehead atoms. The first-order valence-corrected chi connectivity index (χ1v) is 8.84. The monoisotopic (exact) mass is 395 g/mol. The summed E-state index contributed by atoms with van der Waals surface area (Å²) in [5.41, 5.74) is 4.80. The van der Waals surface area contributed by atoms with Gasteiger partial charge in [0.15, 0.2) is 0 Å². The molecule has 1 unspecified atom stereocenters. The molecule has 0 aliphatic carbocycles. The minimum absolute atomic E-state index is 0. The van der Waals surface area contributed by atoms with E-state index in [4.69, 9.17) is 16.3 Å². The molecule has 2 rings (SSSR count). The summed E-state index contributed by atoms with van der Waals surface area (Å²) in [4.78, 5) is 14.8. The SMILES string of the molecule is Cc1cc(C)c(C(=O)OC(CCN(C)C)c2ccc(Cl)cc2)cc1C.Cl. The zero-order valence-electron chi connectivity index (χ0n) is 16.0.